The van der Waals surface area contributed by atoms with Gasteiger partial charge in [0.15, 0.2) is 15.8 Å². The highest BCUT2D eigenvalue weighted by molar-refractivity contribution is 14.0. The van der Waals surface area contributed by atoms with Crippen molar-refractivity contribution in [2.45, 2.75) is 37.6 Å². The van der Waals surface area contributed by atoms with Crippen LogP contribution in [-0.2, 0) is 22.8 Å². The molecule has 0 atom stereocenters. The van der Waals surface area contributed by atoms with E-state index in [0.29, 0.717) is 4.90 Å². The summed E-state index contributed by atoms with van der Waals surface area (Å²) in [5.74, 6) is 0.801. The summed E-state index contributed by atoms with van der Waals surface area (Å²) in [5, 5.41) is 14.1. The van der Waals surface area contributed by atoms with Gasteiger partial charge in [0.1, 0.15) is 12.7 Å². The number of nitrogens with one attached hydrogen (secondary N) is 2. The molecule has 1 aromatic carbocycles. The van der Waals surface area contributed by atoms with Crippen LogP contribution in [0.2, 0.25) is 0 Å². The first-order valence-corrected chi connectivity index (χ1v) is 11.0. The van der Waals surface area contributed by atoms with Crippen LogP contribution in [0, 0.1) is 0 Å². The predicted molar refractivity (Wildman–Crippen MR) is 122 cm³/mol. The van der Waals surface area contributed by atoms with Crippen LogP contribution in [-0.4, -0.2) is 55.0 Å². The summed E-state index contributed by atoms with van der Waals surface area (Å²) in [5.41, 5.74) is 1.08. The van der Waals surface area contributed by atoms with E-state index in [9.17, 15) is 8.42 Å². The minimum Gasteiger partial charge on any atom is -0.357 e. The molecule has 2 aromatic rings. The fourth-order valence-corrected chi connectivity index (χ4v) is 3.14. The molecule has 8 nitrogen and oxygen atoms in total. The summed E-state index contributed by atoms with van der Waals surface area (Å²) in [4.78, 5) is 4.93. The molecule has 0 aliphatic carbocycles. The van der Waals surface area contributed by atoms with Crippen LogP contribution >= 0.6 is 24.0 Å². The summed E-state index contributed by atoms with van der Waals surface area (Å²) >= 11 is 0. The van der Waals surface area contributed by atoms with Gasteiger partial charge in [-0.2, -0.15) is 0 Å². The molecule has 1 heterocycles. The molecule has 10 heteroatoms. The first-order chi connectivity index (χ1) is 13.0. The van der Waals surface area contributed by atoms with Crippen LogP contribution < -0.4 is 10.6 Å². The van der Waals surface area contributed by atoms with Gasteiger partial charge in [-0.3, -0.25) is 4.99 Å². The zero-order valence-electron chi connectivity index (χ0n) is 16.3. The van der Waals surface area contributed by atoms with Crippen LogP contribution in [0.5, 0.6) is 0 Å². The molecule has 2 N–H and O–H groups in total. The number of hydrogen-bond donors (Lipinski definition) is 2. The Morgan fingerprint density at radius 1 is 1.11 bits per heavy atom. The Morgan fingerprint density at radius 3 is 2.39 bits per heavy atom. The number of hydrogen-bond acceptors (Lipinski definition) is 5. The lowest BCUT2D eigenvalue weighted by Crippen LogP contribution is -2.38. The Bertz CT molecular complexity index is 807. The lowest BCUT2D eigenvalue weighted by Gasteiger charge is -2.11. The van der Waals surface area contributed by atoms with Gasteiger partial charge >= 0.3 is 0 Å². The molecule has 0 saturated carbocycles. The van der Waals surface area contributed by atoms with Gasteiger partial charge in [0.25, 0.3) is 0 Å². The van der Waals surface area contributed by atoms with Gasteiger partial charge in [0.2, 0.25) is 0 Å². The second kappa shape index (κ2) is 12.7. The zero-order valence-corrected chi connectivity index (χ0v) is 19.5. The number of sulfone groups is 1. The van der Waals surface area contributed by atoms with E-state index >= 15 is 0 Å². The van der Waals surface area contributed by atoms with Gasteiger partial charge in [0, 0.05) is 32.4 Å². The summed E-state index contributed by atoms with van der Waals surface area (Å²) in [6, 6.07) is 7.01. The summed E-state index contributed by atoms with van der Waals surface area (Å²) in [6.45, 7) is 5.21. The first kappa shape index (κ1) is 24.3. The fraction of sp³-hybridized carbons (Fsp3) is 0.500. The van der Waals surface area contributed by atoms with Crippen LogP contribution in [0.25, 0.3) is 0 Å². The molecule has 0 aliphatic heterocycles. The Labute approximate surface area is 184 Å². The van der Waals surface area contributed by atoms with E-state index in [1.807, 2.05) is 23.6 Å². The van der Waals surface area contributed by atoms with Crippen molar-refractivity contribution in [3.63, 3.8) is 0 Å². The number of halogens is 1. The lowest BCUT2D eigenvalue weighted by molar-refractivity contribution is 0.602. The molecular formula is C18H29IN6O2S. The smallest absolute Gasteiger partial charge is 0.191 e. The maximum absolute atomic E-state index is 11.5. The Balaban J connectivity index is 0.00000392. The van der Waals surface area contributed by atoms with E-state index in [4.69, 9.17) is 0 Å². The maximum atomic E-state index is 11.5. The molecule has 0 amide bonds. The highest BCUT2D eigenvalue weighted by Gasteiger charge is 2.06. The molecule has 2 rings (SSSR count). The normalized spacial score (nSPS) is 11.7. The first-order valence-electron chi connectivity index (χ1n) is 9.12. The zero-order chi connectivity index (χ0) is 19.5. The van der Waals surface area contributed by atoms with Crippen molar-refractivity contribution in [2.24, 2.45) is 4.99 Å². The molecule has 0 saturated heterocycles. The van der Waals surface area contributed by atoms with Crippen LogP contribution in [0.1, 0.15) is 25.3 Å². The number of rotatable bonds is 10. The molecule has 156 valence electrons. The molecular weight excluding hydrogens is 491 g/mol. The third-order valence-electron chi connectivity index (χ3n) is 3.96. The van der Waals surface area contributed by atoms with Gasteiger partial charge in [-0.15, -0.1) is 34.2 Å². The van der Waals surface area contributed by atoms with E-state index in [2.05, 4.69) is 25.8 Å². The second-order valence-electron chi connectivity index (χ2n) is 6.26. The Morgan fingerprint density at radius 2 is 1.79 bits per heavy atom. The maximum Gasteiger partial charge on any atom is 0.191 e. The molecule has 0 fully saturated rings. The molecule has 0 aliphatic rings. The number of benzene rings is 1. The summed E-state index contributed by atoms with van der Waals surface area (Å²) < 4.78 is 24.9. The molecule has 0 bridgehead atoms. The van der Waals surface area contributed by atoms with Crippen molar-refractivity contribution >= 4 is 39.8 Å². The molecule has 0 spiro atoms. The Hall–Kier alpha value is -1.69. The molecule has 0 radical (unpaired) electrons. The standard InChI is InChI=1S/C18H28N6O2S.HI/c1-3-19-18(20-11-4-5-13-24-14-22-23-15-24)21-12-10-16-6-8-17(9-7-16)27(2,25)26;/h6-9,14-15H,3-5,10-13H2,1-2H3,(H2,19,20,21);1H. The number of aryl methyl sites for hydroxylation is 1. The lowest BCUT2D eigenvalue weighted by atomic mass is 10.1. The molecule has 0 unspecified atom stereocenters. The van der Waals surface area contributed by atoms with E-state index in [1.165, 1.54) is 6.26 Å². The average Bonchev–Trinajstić information content (AvgIpc) is 3.14. The van der Waals surface area contributed by atoms with Crippen molar-refractivity contribution in [1.82, 2.24) is 25.4 Å². The highest BCUT2D eigenvalue weighted by atomic mass is 127. The van der Waals surface area contributed by atoms with Crippen LogP contribution in [0.3, 0.4) is 0 Å². The van der Waals surface area contributed by atoms with E-state index < -0.39 is 9.84 Å². The van der Waals surface area contributed by atoms with E-state index in [1.54, 1.807) is 24.8 Å². The second-order valence-corrected chi connectivity index (χ2v) is 8.28. The van der Waals surface area contributed by atoms with Gasteiger partial charge in [-0.25, -0.2) is 8.42 Å². The number of guanidine groups is 1. The third-order valence-corrected chi connectivity index (χ3v) is 5.09. The SMILES string of the molecule is CCNC(=NCCCCn1cnnc1)NCCc1ccc(S(C)(=O)=O)cc1.I. The van der Waals surface area contributed by atoms with Crippen LogP contribution in [0.4, 0.5) is 0 Å². The van der Waals surface area contributed by atoms with E-state index in [-0.39, 0.29) is 24.0 Å². The van der Waals surface area contributed by atoms with Gasteiger partial charge < -0.3 is 15.2 Å². The van der Waals surface area contributed by atoms with Crippen molar-refractivity contribution < 1.29 is 8.42 Å². The van der Waals surface area contributed by atoms with Gasteiger partial charge in [-0.05, 0) is 43.9 Å². The number of aromatic nitrogens is 3. The fourth-order valence-electron chi connectivity index (χ4n) is 2.50. The Kier molecular flexibility index (Phi) is 11.0. The minimum atomic E-state index is -3.14. The van der Waals surface area contributed by atoms with Crippen molar-refractivity contribution in [1.29, 1.82) is 0 Å². The summed E-state index contributed by atoms with van der Waals surface area (Å²) in [6.07, 6.45) is 7.46. The number of nitrogens with zero attached hydrogens (tertiary/aromatic N) is 4. The van der Waals surface area contributed by atoms with Gasteiger partial charge in [-0.1, -0.05) is 12.1 Å². The quantitative estimate of drug-likeness (QED) is 0.215. The molecule has 28 heavy (non-hydrogen) atoms. The largest absolute Gasteiger partial charge is 0.357 e. The topological polar surface area (TPSA) is 101 Å². The van der Waals surface area contributed by atoms with Crippen molar-refractivity contribution in [2.75, 3.05) is 25.9 Å². The number of unbranched alkanes of at least 4 members (excludes halogenated alkanes) is 1. The van der Waals surface area contributed by atoms with Crippen molar-refractivity contribution in [3.05, 3.63) is 42.5 Å². The van der Waals surface area contributed by atoms with E-state index in [0.717, 1.165) is 57.0 Å². The number of aliphatic imine (C=N–C) groups is 1. The summed E-state index contributed by atoms with van der Waals surface area (Å²) in [7, 11) is -3.14. The average molecular weight is 520 g/mol. The van der Waals surface area contributed by atoms with Crippen LogP contribution in [0.15, 0.2) is 46.8 Å². The van der Waals surface area contributed by atoms with Crippen molar-refractivity contribution in [3.8, 4) is 0 Å². The highest BCUT2D eigenvalue weighted by Crippen LogP contribution is 2.10. The predicted octanol–water partition coefficient (Wildman–Crippen LogP) is 1.88. The third kappa shape index (κ3) is 9.00. The minimum absolute atomic E-state index is 0. The monoisotopic (exact) mass is 520 g/mol. The molecule has 1 aromatic heterocycles. The van der Waals surface area contributed by atoms with Gasteiger partial charge in [0.05, 0.1) is 4.90 Å².